The van der Waals surface area contributed by atoms with Crippen LogP contribution in [0.4, 0.5) is 0 Å². The van der Waals surface area contributed by atoms with E-state index >= 15 is 0 Å². The van der Waals surface area contributed by atoms with Gasteiger partial charge < -0.3 is 0 Å². The fraction of sp³-hybridized carbons (Fsp3) is 0.600. The highest BCUT2D eigenvalue weighted by atomic mass is 13.9. The third kappa shape index (κ3) is 5.61. The SMILES string of the molecule is CC=C(C)C=CCC(C)C. The highest BCUT2D eigenvalue weighted by Crippen LogP contribution is 2.02. The van der Waals surface area contributed by atoms with Crippen LogP contribution in [-0.4, -0.2) is 0 Å². The monoisotopic (exact) mass is 138 g/mol. The Kier molecular flexibility index (Phi) is 5.00. The summed E-state index contributed by atoms with van der Waals surface area (Å²) in [5.74, 6) is 0.779. The Morgan fingerprint density at radius 3 is 2.40 bits per heavy atom. The van der Waals surface area contributed by atoms with Gasteiger partial charge >= 0.3 is 0 Å². The van der Waals surface area contributed by atoms with Crippen molar-refractivity contribution in [3.8, 4) is 0 Å². The fourth-order valence-corrected chi connectivity index (χ4v) is 0.622. The van der Waals surface area contributed by atoms with Crippen LogP contribution in [0.2, 0.25) is 0 Å². The zero-order valence-electron chi connectivity index (χ0n) is 7.52. The average Bonchev–Trinajstić information content (AvgIpc) is 1.87. The van der Waals surface area contributed by atoms with Gasteiger partial charge in [-0.3, -0.25) is 0 Å². The molecule has 0 heteroatoms. The molecule has 0 nitrogen and oxygen atoms in total. The summed E-state index contributed by atoms with van der Waals surface area (Å²) in [6.07, 6.45) is 7.72. The van der Waals surface area contributed by atoms with E-state index in [1.807, 2.05) is 0 Å². The van der Waals surface area contributed by atoms with Crippen LogP contribution in [0, 0.1) is 5.92 Å². The van der Waals surface area contributed by atoms with Crippen LogP contribution in [-0.2, 0) is 0 Å². The van der Waals surface area contributed by atoms with E-state index in [4.69, 9.17) is 0 Å². The molecule has 58 valence electrons. The largest absolute Gasteiger partial charge is 0.0847 e. The van der Waals surface area contributed by atoms with E-state index in [2.05, 4.69) is 45.9 Å². The Labute approximate surface area is 64.6 Å². The second-order valence-corrected chi connectivity index (χ2v) is 3.06. The maximum Gasteiger partial charge on any atom is -0.0324 e. The minimum atomic E-state index is 0.779. The average molecular weight is 138 g/mol. The summed E-state index contributed by atoms with van der Waals surface area (Å²) in [5, 5.41) is 0. The summed E-state index contributed by atoms with van der Waals surface area (Å²) in [6, 6.07) is 0. The molecule has 0 aromatic heterocycles. The predicted molar refractivity (Wildman–Crippen MR) is 48.0 cm³/mol. The van der Waals surface area contributed by atoms with Gasteiger partial charge in [0, 0.05) is 0 Å². The van der Waals surface area contributed by atoms with Gasteiger partial charge in [-0.1, -0.05) is 37.6 Å². The van der Waals surface area contributed by atoms with Crippen molar-refractivity contribution in [3.05, 3.63) is 23.8 Å². The van der Waals surface area contributed by atoms with Gasteiger partial charge in [0.05, 0.1) is 0 Å². The molecule has 0 heterocycles. The third-order valence-electron chi connectivity index (χ3n) is 1.44. The van der Waals surface area contributed by atoms with Gasteiger partial charge in [-0.25, -0.2) is 0 Å². The first-order valence-electron chi connectivity index (χ1n) is 3.96. The van der Waals surface area contributed by atoms with Crippen LogP contribution in [0.15, 0.2) is 23.8 Å². The molecule has 0 fully saturated rings. The molecule has 0 aliphatic heterocycles. The van der Waals surface area contributed by atoms with Crippen LogP contribution in [0.3, 0.4) is 0 Å². The molecule has 0 aromatic rings. The lowest BCUT2D eigenvalue weighted by Gasteiger charge is -1.96. The van der Waals surface area contributed by atoms with Gasteiger partial charge in [-0.05, 0) is 26.2 Å². The molecule has 0 radical (unpaired) electrons. The molecule has 0 spiro atoms. The minimum Gasteiger partial charge on any atom is -0.0847 e. The molecule has 0 aliphatic carbocycles. The second-order valence-electron chi connectivity index (χ2n) is 3.06. The first kappa shape index (κ1) is 9.48. The Morgan fingerprint density at radius 1 is 1.40 bits per heavy atom. The normalized spacial score (nSPS) is 13.5. The van der Waals surface area contributed by atoms with Crippen molar-refractivity contribution in [2.45, 2.75) is 34.1 Å². The lowest BCUT2D eigenvalue weighted by molar-refractivity contribution is 0.663. The number of hydrogen-bond acceptors (Lipinski definition) is 0. The van der Waals surface area contributed by atoms with Crippen molar-refractivity contribution in [1.82, 2.24) is 0 Å². The van der Waals surface area contributed by atoms with Crippen LogP contribution in [0.5, 0.6) is 0 Å². The van der Waals surface area contributed by atoms with Gasteiger partial charge in [0.2, 0.25) is 0 Å². The zero-order chi connectivity index (χ0) is 7.98. The summed E-state index contributed by atoms with van der Waals surface area (Å²) < 4.78 is 0. The number of rotatable bonds is 3. The summed E-state index contributed by atoms with van der Waals surface area (Å²) >= 11 is 0. The van der Waals surface area contributed by atoms with Gasteiger partial charge in [-0.15, -0.1) is 0 Å². The van der Waals surface area contributed by atoms with Crippen molar-refractivity contribution in [2.24, 2.45) is 5.92 Å². The van der Waals surface area contributed by atoms with Crippen molar-refractivity contribution in [1.29, 1.82) is 0 Å². The first-order chi connectivity index (χ1) is 4.66. The van der Waals surface area contributed by atoms with Gasteiger partial charge in [0.1, 0.15) is 0 Å². The quantitative estimate of drug-likeness (QED) is 0.523. The minimum absolute atomic E-state index is 0.779. The molecule has 0 atom stereocenters. The highest BCUT2D eigenvalue weighted by molar-refractivity contribution is 5.14. The Morgan fingerprint density at radius 2 is 2.00 bits per heavy atom. The Hall–Kier alpha value is -0.520. The van der Waals surface area contributed by atoms with Crippen molar-refractivity contribution in [2.75, 3.05) is 0 Å². The number of allylic oxidation sites excluding steroid dienone is 4. The molecule has 10 heavy (non-hydrogen) atoms. The lowest BCUT2D eigenvalue weighted by Crippen LogP contribution is -1.81. The van der Waals surface area contributed by atoms with Crippen molar-refractivity contribution in [3.63, 3.8) is 0 Å². The molecule has 0 amide bonds. The maximum absolute atomic E-state index is 2.24. The third-order valence-corrected chi connectivity index (χ3v) is 1.44. The maximum atomic E-state index is 2.24. The van der Waals surface area contributed by atoms with Crippen molar-refractivity contribution < 1.29 is 0 Å². The molecular formula is C10H18. The molecule has 0 aromatic carbocycles. The van der Waals surface area contributed by atoms with Crippen molar-refractivity contribution >= 4 is 0 Å². The molecule has 0 unspecified atom stereocenters. The van der Waals surface area contributed by atoms with Crippen LogP contribution >= 0.6 is 0 Å². The first-order valence-corrected chi connectivity index (χ1v) is 3.96. The summed E-state index contributed by atoms with van der Waals surface area (Å²) in [7, 11) is 0. The van der Waals surface area contributed by atoms with E-state index in [1.165, 1.54) is 12.0 Å². The fourth-order valence-electron chi connectivity index (χ4n) is 0.622. The molecule has 0 rings (SSSR count). The molecule has 0 N–H and O–H groups in total. The molecule has 0 aliphatic rings. The smallest absolute Gasteiger partial charge is 0.0324 e. The molecule has 0 bridgehead atoms. The van der Waals surface area contributed by atoms with E-state index in [-0.39, 0.29) is 0 Å². The summed E-state index contributed by atoms with van der Waals surface area (Å²) in [4.78, 5) is 0. The Bertz CT molecular complexity index is 127. The van der Waals surface area contributed by atoms with E-state index in [0.717, 1.165) is 5.92 Å². The van der Waals surface area contributed by atoms with E-state index in [1.54, 1.807) is 0 Å². The highest BCUT2D eigenvalue weighted by Gasteiger charge is 1.86. The van der Waals surface area contributed by atoms with E-state index in [0.29, 0.717) is 0 Å². The van der Waals surface area contributed by atoms with Gasteiger partial charge in [0.25, 0.3) is 0 Å². The van der Waals surface area contributed by atoms with E-state index in [9.17, 15) is 0 Å². The predicted octanol–water partition coefficient (Wildman–Crippen LogP) is 3.55. The second kappa shape index (κ2) is 5.28. The number of hydrogen-bond donors (Lipinski definition) is 0. The molecule has 0 saturated carbocycles. The van der Waals surface area contributed by atoms with Gasteiger partial charge in [0.15, 0.2) is 0 Å². The molecule has 0 saturated heterocycles. The summed E-state index contributed by atoms with van der Waals surface area (Å²) in [5.41, 5.74) is 1.35. The lowest BCUT2D eigenvalue weighted by atomic mass is 10.1. The zero-order valence-corrected chi connectivity index (χ0v) is 7.52. The Balaban J connectivity index is 3.56. The van der Waals surface area contributed by atoms with Crippen LogP contribution in [0.1, 0.15) is 34.1 Å². The standard InChI is InChI=1S/C10H18/c1-5-10(4)8-6-7-9(2)3/h5-6,8-9H,7H2,1-4H3. The van der Waals surface area contributed by atoms with Crippen LogP contribution < -0.4 is 0 Å². The van der Waals surface area contributed by atoms with Crippen LogP contribution in [0.25, 0.3) is 0 Å². The van der Waals surface area contributed by atoms with E-state index < -0.39 is 0 Å². The summed E-state index contributed by atoms with van der Waals surface area (Å²) in [6.45, 7) is 8.65. The molecular weight excluding hydrogens is 120 g/mol. The van der Waals surface area contributed by atoms with Gasteiger partial charge in [-0.2, -0.15) is 0 Å². The topological polar surface area (TPSA) is 0 Å².